The number of rotatable bonds is 2. The average Bonchev–Trinajstić information content (AvgIpc) is 3.00. The van der Waals surface area contributed by atoms with Gasteiger partial charge < -0.3 is 14.2 Å². The summed E-state index contributed by atoms with van der Waals surface area (Å²) in [6, 6.07) is 7.59. The summed E-state index contributed by atoms with van der Waals surface area (Å²) >= 11 is 0. The molecule has 1 aromatic heterocycles. The molecular weight excluding hydrogens is 266 g/mol. The first-order valence-corrected chi connectivity index (χ1v) is 7.16. The van der Waals surface area contributed by atoms with Gasteiger partial charge >= 0.3 is 0 Å². The number of ether oxygens (including phenoxy) is 1. The Hall–Kier alpha value is -2.14. The highest BCUT2D eigenvalue weighted by Gasteiger charge is 2.26. The van der Waals surface area contributed by atoms with E-state index in [1.54, 1.807) is 12.5 Å². The topological polar surface area (TPSA) is 47.4 Å². The summed E-state index contributed by atoms with van der Waals surface area (Å²) in [4.78, 5) is 18.4. The maximum Gasteiger partial charge on any atom is 0.254 e. The second kappa shape index (κ2) is 5.69. The van der Waals surface area contributed by atoms with Gasteiger partial charge in [0.25, 0.3) is 5.91 Å². The molecule has 1 saturated heterocycles. The summed E-state index contributed by atoms with van der Waals surface area (Å²) in [5.74, 6) is 0.0641. The van der Waals surface area contributed by atoms with Crippen LogP contribution in [0.5, 0.6) is 0 Å². The molecule has 5 nitrogen and oxygen atoms in total. The number of nitrogens with zero attached hydrogens (tertiary/aromatic N) is 3. The lowest BCUT2D eigenvalue weighted by Crippen LogP contribution is -2.48. The number of carbonyl (C=O) groups excluding carboxylic acids is 1. The zero-order valence-corrected chi connectivity index (χ0v) is 12.3. The van der Waals surface area contributed by atoms with Gasteiger partial charge in [-0.2, -0.15) is 0 Å². The van der Waals surface area contributed by atoms with Gasteiger partial charge in [-0.25, -0.2) is 4.98 Å². The first-order valence-electron chi connectivity index (χ1n) is 7.16. The number of benzene rings is 1. The average molecular weight is 285 g/mol. The molecule has 2 atom stereocenters. The number of imidazole rings is 1. The summed E-state index contributed by atoms with van der Waals surface area (Å²) in [5.41, 5.74) is 1.70. The van der Waals surface area contributed by atoms with E-state index in [9.17, 15) is 4.79 Å². The Labute approximate surface area is 124 Å². The molecule has 0 aliphatic carbocycles. The SMILES string of the molecule is CC1CN(C(=O)c2ccc(-n3ccnc3)cc2)CC(C)O1. The van der Waals surface area contributed by atoms with Gasteiger partial charge in [0.2, 0.25) is 0 Å². The van der Waals surface area contributed by atoms with E-state index in [1.165, 1.54) is 0 Å². The van der Waals surface area contributed by atoms with Gasteiger partial charge in [-0.05, 0) is 38.1 Å². The Morgan fingerprint density at radius 2 is 1.86 bits per heavy atom. The van der Waals surface area contributed by atoms with E-state index >= 15 is 0 Å². The van der Waals surface area contributed by atoms with Gasteiger partial charge in [-0.3, -0.25) is 4.79 Å². The van der Waals surface area contributed by atoms with Crippen LogP contribution in [0.1, 0.15) is 24.2 Å². The van der Waals surface area contributed by atoms with Crippen LogP contribution in [0.3, 0.4) is 0 Å². The number of hydrogen-bond donors (Lipinski definition) is 0. The molecule has 2 aromatic rings. The number of amides is 1. The Bertz CT molecular complexity index is 597. The normalized spacial score (nSPS) is 22.3. The van der Waals surface area contributed by atoms with Gasteiger partial charge in [0.1, 0.15) is 0 Å². The third kappa shape index (κ3) is 2.97. The summed E-state index contributed by atoms with van der Waals surface area (Å²) < 4.78 is 7.58. The quantitative estimate of drug-likeness (QED) is 0.849. The van der Waals surface area contributed by atoms with E-state index < -0.39 is 0 Å². The molecular formula is C16H19N3O2. The molecule has 1 fully saturated rings. The second-order valence-electron chi connectivity index (χ2n) is 5.48. The van der Waals surface area contributed by atoms with Gasteiger partial charge in [0.05, 0.1) is 18.5 Å². The van der Waals surface area contributed by atoms with Crippen LogP contribution in [-0.4, -0.2) is 45.7 Å². The van der Waals surface area contributed by atoms with Gasteiger partial charge in [0.15, 0.2) is 0 Å². The van der Waals surface area contributed by atoms with Gasteiger partial charge in [0, 0.05) is 36.7 Å². The van der Waals surface area contributed by atoms with E-state index in [0.717, 1.165) is 5.69 Å². The third-order valence-electron chi connectivity index (χ3n) is 3.62. The maximum atomic E-state index is 12.5. The lowest BCUT2D eigenvalue weighted by atomic mass is 10.1. The van der Waals surface area contributed by atoms with Crippen molar-refractivity contribution >= 4 is 5.91 Å². The smallest absolute Gasteiger partial charge is 0.254 e. The van der Waals surface area contributed by atoms with E-state index in [1.807, 2.05) is 53.8 Å². The predicted molar refractivity (Wildman–Crippen MR) is 79.5 cm³/mol. The van der Waals surface area contributed by atoms with Gasteiger partial charge in [-0.1, -0.05) is 0 Å². The first-order chi connectivity index (χ1) is 10.1. The molecule has 1 aliphatic rings. The van der Waals surface area contributed by atoms with Crippen LogP contribution >= 0.6 is 0 Å². The standard InChI is InChI=1S/C16H19N3O2/c1-12-9-19(10-13(2)21-12)16(20)14-3-5-15(6-4-14)18-8-7-17-11-18/h3-8,11-13H,9-10H2,1-2H3. The Kier molecular flexibility index (Phi) is 3.75. The van der Waals surface area contributed by atoms with E-state index in [4.69, 9.17) is 4.74 Å². The van der Waals surface area contributed by atoms with Gasteiger partial charge in [-0.15, -0.1) is 0 Å². The Balaban J connectivity index is 1.76. The van der Waals surface area contributed by atoms with Crippen molar-refractivity contribution in [1.82, 2.24) is 14.5 Å². The highest BCUT2D eigenvalue weighted by atomic mass is 16.5. The van der Waals surface area contributed by atoms with Crippen molar-refractivity contribution in [3.8, 4) is 5.69 Å². The first kappa shape index (κ1) is 13.8. The van der Waals surface area contributed by atoms with Crippen molar-refractivity contribution in [3.63, 3.8) is 0 Å². The second-order valence-corrected chi connectivity index (χ2v) is 5.48. The zero-order valence-electron chi connectivity index (χ0n) is 12.3. The highest BCUT2D eigenvalue weighted by Crippen LogP contribution is 2.16. The fraction of sp³-hybridized carbons (Fsp3) is 0.375. The molecule has 3 rings (SSSR count). The minimum Gasteiger partial charge on any atom is -0.372 e. The maximum absolute atomic E-state index is 12.5. The van der Waals surface area contributed by atoms with E-state index in [2.05, 4.69) is 4.98 Å². The molecule has 0 N–H and O–H groups in total. The van der Waals surface area contributed by atoms with E-state index in [0.29, 0.717) is 18.7 Å². The molecule has 1 aromatic carbocycles. The number of hydrogen-bond acceptors (Lipinski definition) is 3. The number of carbonyl (C=O) groups is 1. The van der Waals surface area contributed by atoms with Crippen molar-refractivity contribution < 1.29 is 9.53 Å². The van der Waals surface area contributed by atoms with Crippen LogP contribution in [0.2, 0.25) is 0 Å². The summed E-state index contributed by atoms with van der Waals surface area (Å²) in [6.45, 7) is 5.29. The monoisotopic (exact) mass is 285 g/mol. The fourth-order valence-electron chi connectivity index (χ4n) is 2.71. The number of aromatic nitrogens is 2. The van der Waals surface area contributed by atoms with Crippen molar-refractivity contribution in [1.29, 1.82) is 0 Å². The van der Waals surface area contributed by atoms with Crippen LogP contribution < -0.4 is 0 Å². The molecule has 0 radical (unpaired) electrons. The Morgan fingerprint density at radius 1 is 1.19 bits per heavy atom. The minimum atomic E-state index is 0.0641. The van der Waals surface area contributed by atoms with E-state index in [-0.39, 0.29) is 18.1 Å². The molecule has 0 spiro atoms. The highest BCUT2D eigenvalue weighted by molar-refractivity contribution is 5.94. The summed E-state index contributed by atoms with van der Waals surface area (Å²) in [5, 5.41) is 0. The molecule has 110 valence electrons. The molecule has 1 aliphatic heterocycles. The lowest BCUT2D eigenvalue weighted by Gasteiger charge is -2.35. The van der Waals surface area contributed by atoms with Crippen molar-refractivity contribution in [3.05, 3.63) is 48.5 Å². The number of morpholine rings is 1. The van der Waals surface area contributed by atoms with Crippen LogP contribution in [0.15, 0.2) is 43.0 Å². The molecule has 21 heavy (non-hydrogen) atoms. The molecule has 5 heteroatoms. The van der Waals surface area contributed by atoms with Crippen LogP contribution in [0.25, 0.3) is 5.69 Å². The Morgan fingerprint density at radius 3 is 2.43 bits per heavy atom. The van der Waals surface area contributed by atoms with Crippen molar-refractivity contribution in [2.24, 2.45) is 0 Å². The third-order valence-corrected chi connectivity index (χ3v) is 3.62. The molecule has 0 saturated carbocycles. The van der Waals surface area contributed by atoms with Crippen LogP contribution in [-0.2, 0) is 4.74 Å². The molecule has 0 bridgehead atoms. The van der Waals surface area contributed by atoms with Crippen LogP contribution in [0, 0.1) is 0 Å². The van der Waals surface area contributed by atoms with Crippen LogP contribution in [0.4, 0.5) is 0 Å². The minimum absolute atomic E-state index is 0.0641. The summed E-state index contributed by atoms with van der Waals surface area (Å²) in [6.07, 6.45) is 5.52. The van der Waals surface area contributed by atoms with Crippen molar-refractivity contribution in [2.45, 2.75) is 26.1 Å². The fourth-order valence-corrected chi connectivity index (χ4v) is 2.71. The van der Waals surface area contributed by atoms with Crippen molar-refractivity contribution in [2.75, 3.05) is 13.1 Å². The summed E-state index contributed by atoms with van der Waals surface area (Å²) in [7, 11) is 0. The molecule has 2 unspecified atom stereocenters. The molecule has 2 heterocycles. The largest absolute Gasteiger partial charge is 0.372 e. The lowest BCUT2D eigenvalue weighted by molar-refractivity contribution is -0.0586. The molecule has 1 amide bonds. The predicted octanol–water partition coefficient (Wildman–Crippen LogP) is 2.12. The zero-order chi connectivity index (χ0) is 14.8.